The van der Waals surface area contributed by atoms with Crippen LogP contribution in [0.3, 0.4) is 0 Å². The Morgan fingerprint density at radius 3 is 2.22 bits per heavy atom. The number of halogens is 6. The van der Waals surface area contributed by atoms with Gasteiger partial charge in [0.25, 0.3) is 0 Å². The van der Waals surface area contributed by atoms with Crippen molar-refractivity contribution in [2.24, 2.45) is 5.10 Å². The SMILES string of the molecule is COC(=O)N1C=C(C(F)(F)F)C(C(F)(F)F)=NN1. The second kappa shape index (κ2) is 4.38. The lowest BCUT2D eigenvalue weighted by Gasteiger charge is -2.25. The second-order valence-electron chi connectivity index (χ2n) is 2.94. The maximum atomic E-state index is 12.4. The van der Waals surface area contributed by atoms with Crippen molar-refractivity contribution in [1.29, 1.82) is 0 Å². The number of hydrogen-bond donors (Lipinski definition) is 1. The lowest BCUT2D eigenvalue weighted by molar-refractivity contribution is -0.0990. The molecule has 0 unspecified atom stereocenters. The number of carbonyl (C=O) groups excluding carboxylic acids is 1. The molecule has 0 saturated heterocycles. The largest absolute Gasteiger partial charge is 0.451 e. The quantitative estimate of drug-likeness (QED) is 0.688. The fraction of sp³-hybridized carbons (Fsp3) is 0.429. The molecule has 5 nitrogen and oxygen atoms in total. The predicted octanol–water partition coefficient (Wildman–Crippen LogP) is 1.94. The first kappa shape index (κ1) is 14.1. The van der Waals surface area contributed by atoms with Crippen molar-refractivity contribution in [1.82, 2.24) is 10.5 Å². The minimum Gasteiger partial charge on any atom is -0.451 e. The molecular formula is C7H5F6N3O2. The first-order chi connectivity index (χ1) is 8.07. The second-order valence-corrected chi connectivity index (χ2v) is 2.94. The van der Waals surface area contributed by atoms with E-state index < -0.39 is 29.7 Å². The van der Waals surface area contributed by atoms with E-state index in [0.29, 0.717) is 0 Å². The highest BCUT2D eigenvalue weighted by Crippen LogP contribution is 2.34. The summed E-state index contributed by atoms with van der Waals surface area (Å²) in [6.45, 7) is 0. The zero-order valence-corrected chi connectivity index (χ0v) is 8.56. The fourth-order valence-corrected chi connectivity index (χ4v) is 0.999. The standard InChI is InChI=1S/C7H5F6N3O2/c1-18-5(17)16-2-3(6(8,9)10)4(14-15-16)7(11,12)13/h2,15H,1H3. The van der Waals surface area contributed by atoms with E-state index in [1.807, 2.05) is 0 Å². The van der Waals surface area contributed by atoms with E-state index in [1.54, 1.807) is 0 Å². The first-order valence-electron chi connectivity index (χ1n) is 4.14. The minimum atomic E-state index is -5.32. The highest BCUT2D eigenvalue weighted by Gasteiger charge is 2.50. The summed E-state index contributed by atoms with van der Waals surface area (Å²) in [4.78, 5) is 10.9. The van der Waals surface area contributed by atoms with Crippen molar-refractivity contribution in [2.75, 3.05) is 7.11 Å². The molecule has 1 amide bonds. The Morgan fingerprint density at radius 2 is 1.83 bits per heavy atom. The maximum absolute atomic E-state index is 12.4. The van der Waals surface area contributed by atoms with Crippen molar-refractivity contribution in [3.8, 4) is 0 Å². The normalized spacial score (nSPS) is 16.7. The monoisotopic (exact) mass is 277 g/mol. The van der Waals surface area contributed by atoms with E-state index in [2.05, 4.69) is 9.84 Å². The summed E-state index contributed by atoms with van der Waals surface area (Å²) in [6, 6.07) is 0. The number of rotatable bonds is 0. The molecule has 0 radical (unpaired) electrons. The average Bonchev–Trinajstić information content (AvgIpc) is 2.24. The summed E-state index contributed by atoms with van der Waals surface area (Å²) in [7, 11) is 0.841. The van der Waals surface area contributed by atoms with Crippen LogP contribution in [0.5, 0.6) is 0 Å². The molecule has 102 valence electrons. The van der Waals surface area contributed by atoms with Gasteiger partial charge < -0.3 is 4.74 Å². The number of alkyl halides is 6. The van der Waals surface area contributed by atoms with Gasteiger partial charge in [-0.15, -0.1) is 0 Å². The Bertz CT molecular complexity index is 410. The number of hydrazine groups is 1. The van der Waals surface area contributed by atoms with Crippen molar-refractivity contribution >= 4 is 11.8 Å². The molecule has 0 aliphatic carbocycles. The number of methoxy groups -OCH3 is 1. The Hall–Kier alpha value is -1.94. The maximum Gasteiger partial charge on any atom is 0.435 e. The van der Waals surface area contributed by atoms with Crippen LogP contribution < -0.4 is 5.53 Å². The Morgan fingerprint density at radius 1 is 1.28 bits per heavy atom. The Labute approximate surface area is 95.6 Å². The number of amides is 1. The van der Waals surface area contributed by atoms with Crippen molar-refractivity contribution < 1.29 is 35.9 Å². The van der Waals surface area contributed by atoms with E-state index in [9.17, 15) is 31.1 Å². The van der Waals surface area contributed by atoms with Crippen LogP contribution in [-0.4, -0.2) is 36.3 Å². The highest BCUT2D eigenvalue weighted by molar-refractivity contribution is 6.05. The van der Waals surface area contributed by atoms with E-state index in [0.717, 1.165) is 7.11 Å². The van der Waals surface area contributed by atoms with Crippen molar-refractivity contribution in [2.45, 2.75) is 12.4 Å². The van der Waals surface area contributed by atoms with Crippen LogP contribution in [0.15, 0.2) is 16.9 Å². The zero-order valence-electron chi connectivity index (χ0n) is 8.56. The number of hydrogen-bond acceptors (Lipinski definition) is 4. The molecule has 0 aromatic heterocycles. The van der Waals surface area contributed by atoms with Gasteiger partial charge in [-0.2, -0.15) is 36.5 Å². The van der Waals surface area contributed by atoms with Gasteiger partial charge >= 0.3 is 18.4 Å². The summed E-state index contributed by atoms with van der Waals surface area (Å²) < 4.78 is 78.1. The van der Waals surface area contributed by atoms with Gasteiger partial charge in [0.05, 0.1) is 7.11 Å². The van der Waals surface area contributed by atoms with Gasteiger partial charge in [-0.05, 0) is 0 Å². The summed E-state index contributed by atoms with van der Waals surface area (Å²) in [5.74, 6) is 0. The third-order valence-electron chi connectivity index (χ3n) is 1.73. The molecule has 1 N–H and O–H groups in total. The van der Waals surface area contributed by atoms with Gasteiger partial charge in [0.2, 0.25) is 0 Å². The van der Waals surface area contributed by atoms with E-state index in [4.69, 9.17) is 0 Å². The lowest BCUT2D eigenvalue weighted by Crippen LogP contribution is -2.45. The predicted molar refractivity (Wildman–Crippen MR) is 45.0 cm³/mol. The van der Waals surface area contributed by atoms with Crippen molar-refractivity contribution in [3.63, 3.8) is 0 Å². The molecule has 0 fully saturated rings. The highest BCUT2D eigenvalue weighted by atomic mass is 19.4. The Kier molecular flexibility index (Phi) is 3.44. The van der Waals surface area contributed by atoms with E-state index in [-0.39, 0.29) is 11.2 Å². The molecule has 0 bridgehead atoms. The number of nitrogens with one attached hydrogen (secondary N) is 1. The molecular weight excluding hydrogens is 272 g/mol. The molecule has 11 heteroatoms. The summed E-state index contributed by atoms with van der Waals surface area (Å²) >= 11 is 0. The van der Waals surface area contributed by atoms with Gasteiger partial charge in [-0.1, -0.05) is 0 Å². The molecule has 1 aliphatic heterocycles. The third-order valence-corrected chi connectivity index (χ3v) is 1.73. The van der Waals surface area contributed by atoms with Crippen LogP contribution >= 0.6 is 0 Å². The molecule has 1 aliphatic rings. The molecule has 0 aromatic carbocycles. The van der Waals surface area contributed by atoms with Crippen molar-refractivity contribution in [3.05, 3.63) is 11.8 Å². The number of allylic oxidation sites excluding steroid dienone is 1. The summed E-state index contributed by atoms with van der Waals surface area (Å²) in [5, 5.41) is 2.52. The van der Waals surface area contributed by atoms with Crippen LogP contribution in [0.2, 0.25) is 0 Å². The van der Waals surface area contributed by atoms with Crippen LogP contribution in [0.1, 0.15) is 0 Å². The summed E-state index contributed by atoms with van der Waals surface area (Å²) in [5.41, 5.74) is -2.79. The van der Waals surface area contributed by atoms with E-state index >= 15 is 0 Å². The first-order valence-corrected chi connectivity index (χ1v) is 4.14. The molecule has 18 heavy (non-hydrogen) atoms. The molecule has 1 heterocycles. The number of ether oxygens (including phenoxy) is 1. The van der Waals surface area contributed by atoms with Crippen LogP contribution in [0, 0.1) is 0 Å². The van der Waals surface area contributed by atoms with Crippen LogP contribution in [-0.2, 0) is 4.74 Å². The minimum absolute atomic E-state index is 0.0397. The molecule has 0 atom stereocenters. The van der Waals surface area contributed by atoms with Crippen LogP contribution in [0.25, 0.3) is 0 Å². The van der Waals surface area contributed by atoms with Gasteiger partial charge in [-0.25, -0.2) is 10.3 Å². The fourth-order valence-electron chi connectivity index (χ4n) is 0.999. The van der Waals surface area contributed by atoms with E-state index in [1.165, 1.54) is 5.53 Å². The number of nitrogens with zero attached hydrogens (tertiary/aromatic N) is 2. The molecule has 0 saturated carbocycles. The average molecular weight is 277 g/mol. The Balaban J connectivity index is 3.17. The molecule has 1 rings (SSSR count). The van der Waals surface area contributed by atoms with Gasteiger partial charge in [-0.3, -0.25) is 0 Å². The number of hydrazone groups is 1. The van der Waals surface area contributed by atoms with Gasteiger partial charge in [0.15, 0.2) is 5.71 Å². The topological polar surface area (TPSA) is 53.9 Å². The van der Waals surface area contributed by atoms with Gasteiger partial charge in [0, 0.05) is 6.20 Å². The van der Waals surface area contributed by atoms with Crippen LogP contribution in [0.4, 0.5) is 31.1 Å². The number of carbonyl (C=O) groups is 1. The summed E-state index contributed by atoms with van der Waals surface area (Å²) in [6.07, 6.45) is -12.1. The molecule has 0 spiro atoms. The zero-order chi connectivity index (χ0) is 14.1. The lowest BCUT2D eigenvalue weighted by atomic mass is 10.1. The smallest absolute Gasteiger partial charge is 0.435 e. The molecule has 0 aromatic rings. The third kappa shape index (κ3) is 2.84. The van der Waals surface area contributed by atoms with Gasteiger partial charge in [0.1, 0.15) is 5.57 Å².